The van der Waals surface area contributed by atoms with Crippen LogP contribution < -0.4 is 5.32 Å². The Morgan fingerprint density at radius 1 is 1.24 bits per heavy atom. The van der Waals surface area contributed by atoms with E-state index < -0.39 is 0 Å². The molecule has 21 heavy (non-hydrogen) atoms. The average molecular weight is 288 g/mol. The second-order valence-corrected chi connectivity index (χ2v) is 7.14. The molecule has 2 aliphatic rings. The summed E-state index contributed by atoms with van der Waals surface area (Å²) >= 11 is 0. The Hall–Kier alpha value is -0.900. The number of hydrogen-bond donors (Lipinski definition) is 2. The lowest BCUT2D eigenvalue weighted by Gasteiger charge is -2.39. The standard InChI is InChI=1S/C18H28N2O/c1-14-10-15(2)20(11-14)12-18(13-21,19-17-8-9-17)16-6-4-3-5-7-16/h3-7,14-15,17,19,21H,8-13H2,1-2H3. The number of likely N-dealkylation sites (tertiary alicyclic amines) is 1. The van der Waals surface area contributed by atoms with E-state index in [2.05, 4.69) is 48.3 Å². The van der Waals surface area contributed by atoms with Crippen LogP contribution in [0.15, 0.2) is 30.3 Å². The number of rotatable bonds is 6. The summed E-state index contributed by atoms with van der Waals surface area (Å²) in [6, 6.07) is 11.7. The molecule has 1 aromatic rings. The van der Waals surface area contributed by atoms with E-state index in [1.54, 1.807) is 0 Å². The molecule has 1 aromatic carbocycles. The van der Waals surface area contributed by atoms with Gasteiger partial charge in [-0.3, -0.25) is 4.90 Å². The van der Waals surface area contributed by atoms with Crippen molar-refractivity contribution in [2.45, 2.75) is 50.7 Å². The van der Waals surface area contributed by atoms with Gasteiger partial charge in [-0.1, -0.05) is 37.3 Å². The fraction of sp³-hybridized carbons (Fsp3) is 0.667. The molecule has 1 saturated heterocycles. The molecule has 0 spiro atoms. The minimum absolute atomic E-state index is 0.158. The molecule has 0 amide bonds. The van der Waals surface area contributed by atoms with Gasteiger partial charge >= 0.3 is 0 Å². The number of benzene rings is 1. The summed E-state index contributed by atoms with van der Waals surface area (Å²) in [6.07, 6.45) is 3.74. The summed E-state index contributed by atoms with van der Waals surface area (Å²) in [5.41, 5.74) is 0.895. The Balaban J connectivity index is 1.84. The fourth-order valence-electron chi connectivity index (χ4n) is 3.74. The Morgan fingerprint density at radius 3 is 2.48 bits per heavy atom. The van der Waals surface area contributed by atoms with Gasteiger partial charge in [0.15, 0.2) is 0 Å². The lowest BCUT2D eigenvalue weighted by molar-refractivity contribution is 0.100. The number of nitrogens with one attached hydrogen (secondary N) is 1. The molecule has 3 heteroatoms. The van der Waals surface area contributed by atoms with Crippen molar-refractivity contribution in [1.29, 1.82) is 0 Å². The third kappa shape index (κ3) is 3.31. The van der Waals surface area contributed by atoms with Crippen molar-refractivity contribution in [3.63, 3.8) is 0 Å². The number of nitrogens with zero attached hydrogens (tertiary/aromatic N) is 1. The molecule has 2 N–H and O–H groups in total. The van der Waals surface area contributed by atoms with Crippen molar-refractivity contribution in [1.82, 2.24) is 10.2 Å². The molecule has 3 atom stereocenters. The smallest absolute Gasteiger partial charge is 0.0800 e. The Morgan fingerprint density at radius 2 is 1.95 bits per heavy atom. The Labute approximate surface area is 128 Å². The van der Waals surface area contributed by atoms with Crippen molar-refractivity contribution in [3.05, 3.63) is 35.9 Å². The van der Waals surface area contributed by atoms with Crippen LogP contribution in [0.2, 0.25) is 0 Å². The number of aliphatic hydroxyl groups excluding tert-OH is 1. The highest BCUT2D eigenvalue weighted by molar-refractivity contribution is 5.26. The molecule has 0 aromatic heterocycles. The van der Waals surface area contributed by atoms with E-state index >= 15 is 0 Å². The molecule has 1 aliphatic heterocycles. The lowest BCUT2D eigenvalue weighted by Crippen LogP contribution is -2.55. The third-order valence-corrected chi connectivity index (χ3v) is 5.04. The molecular weight excluding hydrogens is 260 g/mol. The van der Waals surface area contributed by atoms with Crippen LogP contribution in [-0.2, 0) is 5.54 Å². The predicted octanol–water partition coefficient (Wildman–Crippen LogP) is 2.36. The van der Waals surface area contributed by atoms with Gasteiger partial charge in [0.1, 0.15) is 0 Å². The zero-order valence-electron chi connectivity index (χ0n) is 13.3. The van der Waals surface area contributed by atoms with Gasteiger partial charge in [-0.2, -0.15) is 0 Å². The zero-order chi connectivity index (χ0) is 14.9. The van der Waals surface area contributed by atoms with E-state index in [4.69, 9.17) is 0 Å². The molecule has 3 rings (SSSR count). The molecule has 116 valence electrons. The van der Waals surface area contributed by atoms with E-state index in [1.165, 1.54) is 24.8 Å². The SMILES string of the molecule is CC1CC(C)N(CC(CO)(NC2CC2)c2ccccc2)C1. The molecule has 1 aliphatic carbocycles. The van der Waals surface area contributed by atoms with Crippen LogP contribution in [0, 0.1) is 5.92 Å². The van der Waals surface area contributed by atoms with Crippen LogP contribution in [0.25, 0.3) is 0 Å². The maximum Gasteiger partial charge on any atom is 0.0800 e. The summed E-state index contributed by atoms with van der Waals surface area (Å²) in [5.74, 6) is 0.757. The van der Waals surface area contributed by atoms with Crippen molar-refractivity contribution >= 4 is 0 Å². The monoisotopic (exact) mass is 288 g/mol. The van der Waals surface area contributed by atoms with Gasteiger partial charge in [-0.15, -0.1) is 0 Å². The summed E-state index contributed by atoms with van der Waals surface area (Å²) < 4.78 is 0. The van der Waals surface area contributed by atoms with Crippen LogP contribution in [-0.4, -0.2) is 41.8 Å². The Kier molecular flexibility index (Phi) is 4.34. The molecule has 0 radical (unpaired) electrons. The first-order chi connectivity index (χ1) is 10.1. The largest absolute Gasteiger partial charge is 0.394 e. The van der Waals surface area contributed by atoms with Gasteiger partial charge in [-0.05, 0) is 37.7 Å². The molecule has 3 nitrogen and oxygen atoms in total. The van der Waals surface area contributed by atoms with Gasteiger partial charge in [0.05, 0.1) is 12.1 Å². The molecule has 1 saturated carbocycles. The maximum absolute atomic E-state index is 10.2. The zero-order valence-corrected chi connectivity index (χ0v) is 13.3. The molecule has 3 unspecified atom stereocenters. The number of aliphatic hydroxyl groups is 1. The highest BCUT2D eigenvalue weighted by Crippen LogP contribution is 2.32. The normalized spacial score (nSPS) is 29.5. The van der Waals surface area contributed by atoms with Crippen LogP contribution in [0.1, 0.15) is 38.7 Å². The van der Waals surface area contributed by atoms with E-state index in [9.17, 15) is 5.11 Å². The molecular formula is C18H28N2O. The van der Waals surface area contributed by atoms with E-state index in [0.29, 0.717) is 12.1 Å². The predicted molar refractivity (Wildman–Crippen MR) is 86.2 cm³/mol. The van der Waals surface area contributed by atoms with Gasteiger partial charge in [0.2, 0.25) is 0 Å². The van der Waals surface area contributed by atoms with Crippen molar-refractivity contribution in [3.8, 4) is 0 Å². The van der Waals surface area contributed by atoms with Crippen molar-refractivity contribution in [2.75, 3.05) is 19.7 Å². The lowest BCUT2D eigenvalue weighted by atomic mass is 9.89. The second kappa shape index (κ2) is 6.07. The first kappa shape index (κ1) is 15.0. The molecule has 1 heterocycles. The van der Waals surface area contributed by atoms with Gasteiger partial charge in [0.25, 0.3) is 0 Å². The van der Waals surface area contributed by atoms with Gasteiger partial charge in [-0.25, -0.2) is 0 Å². The van der Waals surface area contributed by atoms with Crippen LogP contribution in [0.4, 0.5) is 0 Å². The van der Waals surface area contributed by atoms with E-state index in [1.807, 2.05) is 6.07 Å². The highest BCUT2D eigenvalue weighted by atomic mass is 16.3. The summed E-state index contributed by atoms with van der Waals surface area (Å²) in [6.45, 7) is 6.84. The second-order valence-electron chi connectivity index (χ2n) is 7.14. The maximum atomic E-state index is 10.2. The average Bonchev–Trinajstić information content (AvgIpc) is 3.24. The first-order valence-electron chi connectivity index (χ1n) is 8.31. The topological polar surface area (TPSA) is 35.5 Å². The number of hydrogen-bond acceptors (Lipinski definition) is 3. The summed E-state index contributed by atoms with van der Waals surface area (Å²) in [7, 11) is 0. The van der Waals surface area contributed by atoms with Crippen LogP contribution in [0.5, 0.6) is 0 Å². The first-order valence-corrected chi connectivity index (χ1v) is 8.31. The molecule has 2 fully saturated rings. The summed E-state index contributed by atoms with van der Waals surface area (Å²) in [5, 5.41) is 14.0. The summed E-state index contributed by atoms with van der Waals surface area (Å²) in [4.78, 5) is 2.54. The van der Waals surface area contributed by atoms with E-state index in [0.717, 1.165) is 19.0 Å². The van der Waals surface area contributed by atoms with Gasteiger partial charge in [0, 0.05) is 25.2 Å². The van der Waals surface area contributed by atoms with E-state index in [-0.39, 0.29) is 12.1 Å². The quantitative estimate of drug-likeness (QED) is 0.843. The Bertz CT molecular complexity index is 460. The third-order valence-electron chi connectivity index (χ3n) is 5.04. The van der Waals surface area contributed by atoms with Crippen LogP contribution in [0.3, 0.4) is 0 Å². The van der Waals surface area contributed by atoms with Crippen LogP contribution >= 0.6 is 0 Å². The fourth-order valence-corrected chi connectivity index (χ4v) is 3.74. The highest BCUT2D eigenvalue weighted by Gasteiger charge is 2.41. The van der Waals surface area contributed by atoms with Gasteiger partial charge < -0.3 is 10.4 Å². The van der Waals surface area contributed by atoms with Crippen molar-refractivity contribution in [2.24, 2.45) is 5.92 Å². The minimum Gasteiger partial charge on any atom is -0.394 e. The minimum atomic E-state index is -0.319. The van der Waals surface area contributed by atoms with Crippen molar-refractivity contribution < 1.29 is 5.11 Å². The molecule has 0 bridgehead atoms.